The van der Waals surface area contributed by atoms with Crippen LogP contribution >= 0.6 is 0 Å². The van der Waals surface area contributed by atoms with Crippen LogP contribution in [0.1, 0.15) is 61.6 Å². The van der Waals surface area contributed by atoms with Gasteiger partial charge in [-0.2, -0.15) is 0 Å². The van der Waals surface area contributed by atoms with Gasteiger partial charge in [-0.3, -0.25) is 4.79 Å². The molecule has 0 aliphatic heterocycles. The molecule has 2 fully saturated rings. The lowest BCUT2D eigenvalue weighted by atomic mass is 9.68. The molecule has 2 aliphatic carbocycles. The van der Waals surface area contributed by atoms with Gasteiger partial charge in [-0.1, -0.05) is 32.9 Å². The summed E-state index contributed by atoms with van der Waals surface area (Å²) in [4.78, 5) is 13.6. The molecule has 2 bridgehead atoms. The first-order valence-corrected chi connectivity index (χ1v) is 13.1. The minimum Gasteiger partial charge on any atom is -0.348 e. The van der Waals surface area contributed by atoms with Crippen LogP contribution in [0.15, 0.2) is 12.1 Å². The fourth-order valence-electron chi connectivity index (χ4n) is 6.32. The van der Waals surface area contributed by atoms with E-state index in [0.717, 1.165) is 12.8 Å². The van der Waals surface area contributed by atoms with E-state index in [1.165, 1.54) is 12.7 Å². The highest BCUT2D eigenvalue weighted by Gasteiger charge is 2.59. The molecule has 7 heteroatoms. The predicted octanol–water partition coefficient (Wildman–Crippen LogP) is 4.39. The Morgan fingerprint density at radius 2 is 1.94 bits per heavy atom. The number of fused-ring (bicyclic) bond motifs is 3. The molecular formula is C24H33FN2O3S. The Morgan fingerprint density at radius 3 is 2.52 bits per heavy atom. The second-order valence-corrected chi connectivity index (χ2v) is 12.9. The third-order valence-electron chi connectivity index (χ3n) is 8.07. The summed E-state index contributed by atoms with van der Waals surface area (Å²) >= 11 is 0. The van der Waals surface area contributed by atoms with Crippen LogP contribution in [0.4, 0.5) is 4.39 Å². The van der Waals surface area contributed by atoms with Gasteiger partial charge < -0.3 is 9.88 Å². The summed E-state index contributed by atoms with van der Waals surface area (Å²) in [5, 5.41) is 3.86. The molecule has 1 amide bonds. The Morgan fingerprint density at radius 1 is 1.26 bits per heavy atom. The number of benzene rings is 1. The van der Waals surface area contributed by atoms with Crippen molar-refractivity contribution in [1.82, 2.24) is 9.88 Å². The third-order valence-corrected chi connectivity index (χ3v) is 9.00. The number of rotatable bonds is 5. The summed E-state index contributed by atoms with van der Waals surface area (Å²) in [5.74, 6) is -0.113. The van der Waals surface area contributed by atoms with Gasteiger partial charge in [0.05, 0.1) is 16.8 Å². The van der Waals surface area contributed by atoms with Crippen LogP contribution in [0.2, 0.25) is 0 Å². The average molecular weight is 449 g/mol. The summed E-state index contributed by atoms with van der Waals surface area (Å²) in [6, 6.07) is 3.51. The monoisotopic (exact) mass is 448 g/mol. The number of aromatic nitrogens is 1. The summed E-state index contributed by atoms with van der Waals surface area (Å²) in [6.45, 7) is 10.3. The van der Waals surface area contributed by atoms with E-state index in [1.807, 2.05) is 0 Å². The maximum atomic E-state index is 15.1. The number of nitrogens with one attached hydrogen (secondary N) is 1. The van der Waals surface area contributed by atoms with Crippen LogP contribution < -0.4 is 5.32 Å². The van der Waals surface area contributed by atoms with Gasteiger partial charge in [0, 0.05) is 29.9 Å². The van der Waals surface area contributed by atoms with Crippen LogP contribution in [0.3, 0.4) is 0 Å². The van der Waals surface area contributed by atoms with Crippen molar-refractivity contribution < 1.29 is 17.6 Å². The summed E-state index contributed by atoms with van der Waals surface area (Å²) < 4.78 is 40.3. The lowest BCUT2D eigenvalue weighted by molar-refractivity contribution is 0.0738. The van der Waals surface area contributed by atoms with Crippen LogP contribution in [-0.4, -0.2) is 36.9 Å². The standard InChI is InChI=1S/C24H33FN2O3S/c1-14-7-8-17-18(15(2)27(20(17)19(14)25)11-12-31(6,29)30)21(28)26-22-23(3,4)16-9-10-24(22,5)13-16/h7-8,16,22H,9-13H2,1-6H3,(H,26,28). The van der Waals surface area contributed by atoms with Gasteiger partial charge in [0.25, 0.3) is 5.91 Å². The van der Waals surface area contributed by atoms with Crippen LogP contribution in [0.25, 0.3) is 10.9 Å². The van der Waals surface area contributed by atoms with Crippen molar-refractivity contribution in [1.29, 1.82) is 0 Å². The number of sulfone groups is 1. The fourth-order valence-corrected chi connectivity index (χ4v) is 6.83. The van der Waals surface area contributed by atoms with Crippen molar-refractivity contribution in [3.8, 4) is 0 Å². The van der Waals surface area contributed by atoms with Gasteiger partial charge in [-0.25, -0.2) is 12.8 Å². The lowest BCUT2D eigenvalue weighted by Gasteiger charge is -2.43. The molecule has 0 spiro atoms. The molecule has 2 aromatic rings. The molecule has 1 heterocycles. The first-order chi connectivity index (χ1) is 14.3. The molecule has 3 unspecified atom stereocenters. The highest BCUT2D eigenvalue weighted by atomic mass is 32.2. The number of amides is 1. The quantitative estimate of drug-likeness (QED) is 0.738. The van der Waals surface area contributed by atoms with Crippen molar-refractivity contribution in [2.45, 2.75) is 66.5 Å². The SMILES string of the molecule is Cc1ccc2c(C(=O)NC3C4(C)CCC(C4)C3(C)C)c(C)n(CCS(C)(=O)=O)c2c1F. The van der Waals surface area contributed by atoms with E-state index in [-0.39, 0.29) is 35.1 Å². The van der Waals surface area contributed by atoms with Gasteiger partial charge >= 0.3 is 0 Å². The minimum atomic E-state index is -3.23. The normalized spacial score (nSPS) is 27.2. The molecule has 170 valence electrons. The first-order valence-electron chi connectivity index (χ1n) is 11.0. The fraction of sp³-hybridized carbons (Fsp3) is 0.625. The lowest BCUT2D eigenvalue weighted by Crippen LogP contribution is -2.52. The molecule has 1 aromatic carbocycles. The molecule has 5 nitrogen and oxygen atoms in total. The second kappa shape index (κ2) is 7.06. The molecule has 4 rings (SSSR count). The maximum absolute atomic E-state index is 15.1. The zero-order valence-electron chi connectivity index (χ0n) is 19.3. The largest absolute Gasteiger partial charge is 0.348 e. The first kappa shape index (κ1) is 22.3. The van der Waals surface area contributed by atoms with Crippen molar-refractivity contribution in [3.63, 3.8) is 0 Å². The van der Waals surface area contributed by atoms with E-state index in [1.54, 1.807) is 30.5 Å². The third kappa shape index (κ3) is 3.49. The molecule has 31 heavy (non-hydrogen) atoms. The molecule has 1 N–H and O–H groups in total. The molecule has 3 atom stereocenters. The molecule has 1 aromatic heterocycles. The smallest absolute Gasteiger partial charge is 0.253 e. The molecule has 0 radical (unpaired) electrons. The van der Waals surface area contributed by atoms with Gasteiger partial charge in [0.15, 0.2) is 0 Å². The summed E-state index contributed by atoms with van der Waals surface area (Å²) in [7, 11) is -3.23. The number of hydrogen-bond donors (Lipinski definition) is 1. The number of carbonyl (C=O) groups is 1. The summed E-state index contributed by atoms with van der Waals surface area (Å²) in [5.41, 5.74) is 1.92. The van der Waals surface area contributed by atoms with Crippen LogP contribution in [-0.2, 0) is 16.4 Å². The zero-order valence-corrected chi connectivity index (χ0v) is 20.1. The highest BCUT2D eigenvalue weighted by Crippen LogP contribution is 2.62. The average Bonchev–Trinajstić information content (AvgIpc) is 3.24. The number of halogens is 1. The highest BCUT2D eigenvalue weighted by molar-refractivity contribution is 7.90. The second-order valence-electron chi connectivity index (χ2n) is 10.7. The predicted molar refractivity (Wildman–Crippen MR) is 122 cm³/mol. The van der Waals surface area contributed by atoms with Gasteiger partial charge in [-0.05, 0) is 55.4 Å². The van der Waals surface area contributed by atoms with E-state index in [0.29, 0.717) is 33.6 Å². The topological polar surface area (TPSA) is 68.2 Å². The summed E-state index contributed by atoms with van der Waals surface area (Å²) in [6.07, 6.45) is 4.59. The Kier molecular flexibility index (Phi) is 5.08. The van der Waals surface area contributed by atoms with Gasteiger partial charge in [0.1, 0.15) is 15.7 Å². The number of aryl methyl sites for hydroxylation is 2. The Balaban J connectivity index is 1.78. The van der Waals surface area contributed by atoms with Gasteiger partial charge in [-0.15, -0.1) is 0 Å². The number of carbonyl (C=O) groups excluding carboxylic acids is 1. The van der Waals surface area contributed by atoms with E-state index in [4.69, 9.17) is 0 Å². The number of hydrogen-bond acceptors (Lipinski definition) is 3. The van der Waals surface area contributed by atoms with E-state index in [2.05, 4.69) is 26.1 Å². The van der Waals surface area contributed by atoms with Crippen molar-refractivity contribution in [2.24, 2.45) is 16.7 Å². The van der Waals surface area contributed by atoms with Crippen LogP contribution in [0, 0.1) is 36.4 Å². The van der Waals surface area contributed by atoms with E-state index >= 15 is 4.39 Å². The van der Waals surface area contributed by atoms with Crippen molar-refractivity contribution in [2.75, 3.05) is 12.0 Å². The number of nitrogens with zero attached hydrogens (tertiary/aromatic N) is 1. The van der Waals surface area contributed by atoms with Crippen molar-refractivity contribution >= 4 is 26.6 Å². The Bertz CT molecular complexity index is 1180. The molecule has 2 aliphatic rings. The maximum Gasteiger partial charge on any atom is 0.253 e. The zero-order chi connectivity index (χ0) is 22.9. The Hall–Kier alpha value is -1.89. The van der Waals surface area contributed by atoms with Crippen LogP contribution in [0.5, 0.6) is 0 Å². The van der Waals surface area contributed by atoms with E-state index in [9.17, 15) is 13.2 Å². The van der Waals surface area contributed by atoms with E-state index < -0.39 is 15.7 Å². The van der Waals surface area contributed by atoms with Gasteiger partial charge in [0.2, 0.25) is 0 Å². The Labute approximate surface area is 184 Å². The molecular weight excluding hydrogens is 415 g/mol. The molecule has 0 saturated heterocycles. The minimum absolute atomic E-state index is 0.00701. The van der Waals surface area contributed by atoms with Crippen molar-refractivity contribution in [3.05, 3.63) is 34.8 Å². The molecule has 2 saturated carbocycles.